The average Bonchev–Trinajstić information content (AvgIpc) is 2.65. The van der Waals surface area contributed by atoms with Crippen molar-refractivity contribution in [1.82, 2.24) is 5.32 Å². The van der Waals surface area contributed by atoms with E-state index in [1.54, 1.807) is 12.1 Å². The molecule has 104 valence electrons. The van der Waals surface area contributed by atoms with E-state index >= 15 is 0 Å². The van der Waals surface area contributed by atoms with Gasteiger partial charge < -0.3 is 10.2 Å². The van der Waals surface area contributed by atoms with Crippen molar-refractivity contribution in [1.29, 1.82) is 0 Å². The predicted molar refractivity (Wildman–Crippen MR) is 80.6 cm³/mol. The maximum absolute atomic E-state index is 14.0. The Labute approximate surface area is 123 Å². The third kappa shape index (κ3) is 2.79. The number of anilines is 1. The van der Waals surface area contributed by atoms with Gasteiger partial charge in [0, 0.05) is 42.5 Å². The number of halogens is 2. The molecule has 1 N–H and O–H groups in total. The molecule has 0 saturated heterocycles. The van der Waals surface area contributed by atoms with Gasteiger partial charge in [-0.25, -0.2) is 4.39 Å². The Morgan fingerprint density at radius 1 is 1.20 bits per heavy atom. The summed E-state index contributed by atoms with van der Waals surface area (Å²) < 4.78 is 14.0. The van der Waals surface area contributed by atoms with Crippen LogP contribution in [0.25, 0.3) is 0 Å². The molecule has 0 radical (unpaired) electrons. The third-order valence-electron chi connectivity index (χ3n) is 3.58. The molecule has 2 nitrogen and oxygen atoms in total. The van der Waals surface area contributed by atoms with Crippen molar-refractivity contribution in [2.75, 3.05) is 18.0 Å². The van der Waals surface area contributed by atoms with Gasteiger partial charge in [-0.2, -0.15) is 0 Å². The van der Waals surface area contributed by atoms with E-state index in [1.807, 2.05) is 12.1 Å². The zero-order valence-electron chi connectivity index (χ0n) is 11.1. The molecule has 0 unspecified atom stereocenters. The van der Waals surface area contributed by atoms with Crippen LogP contribution in [0.1, 0.15) is 11.1 Å². The Morgan fingerprint density at radius 3 is 2.90 bits per heavy atom. The molecule has 1 heterocycles. The zero-order valence-corrected chi connectivity index (χ0v) is 11.8. The number of fused-ring (bicyclic) bond motifs is 1. The first-order valence-corrected chi connectivity index (χ1v) is 7.09. The lowest BCUT2D eigenvalue weighted by Crippen LogP contribution is -2.28. The number of nitrogens with one attached hydrogen (secondary N) is 1. The number of rotatable bonds is 2. The van der Waals surface area contributed by atoms with Gasteiger partial charge in [0.15, 0.2) is 0 Å². The molecule has 3 rings (SSSR count). The molecule has 1 aliphatic rings. The lowest BCUT2D eigenvalue weighted by Gasteiger charge is -2.25. The molecule has 0 fully saturated rings. The molecule has 20 heavy (non-hydrogen) atoms. The van der Waals surface area contributed by atoms with Crippen LogP contribution in [-0.2, 0) is 13.1 Å². The normalized spacial score (nSPS) is 14.8. The fourth-order valence-corrected chi connectivity index (χ4v) is 2.70. The van der Waals surface area contributed by atoms with Crippen molar-refractivity contribution in [2.24, 2.45) is 0 Å². The number of hydrogen-bond acceptors (Lipinski definition) is 2. The first-order valence-electron chi connectivity index (χ1n) is 6.71. The smallest absolute Gasteiger partial charge is 0.129 e. The summed E-state index contributed by atoms with van der Waals surface area (Å²) in [5.41, 5.74) is 3.09. The minimum atomic E-state index is -0.243. The minimum absolute atomic E-state index is 0.243. The van der Waals surface area contributed by atoms with Crippen LogP contribution >= 0.6 is 11.6 Å². The molecule has 1 aliphatic heterocycles. The molecule has 2 aromatic carbocycles. The van der Waals surface area contributed by atoms with Gasteiger partial charge in [0.25, 0.3) is 0 Å². The van der Waals surface area contributed by atoms with E-state index < -0.39 is 0 Å². The number of benzene rings is 2. The Hall–Kier alpha value is -1.58. The highest BCUT2D eigenvalue weighted by atomic mass is 35.5. The quantitative estimate of drug-likeness (QED) is 0.909. The zero-order chi connectivity index (χ0) is 13.9. The second-order valence-corrected chi connectivity index (χ2v) is 5.40. The van der Waals surface area contributed by atoms with Gasteiger partial charge in [-0.05, 0) is 23.8 Å². The summed E-state index contributed by atoms with van der Waals surface area (Å²) in [4.78, 5) is 2.21. The first kappa shape index (κ1) is 13.4. The molecular formula is C16H16ClFN2. The lowest BCUT2D eigenvalue weighted by atomic mass is 10.1. The highest BCUT2D eigenvalue weighted by molar-refractivity contribution is 6.30. The van der Waals surface area contributed by atoms with Crippen molar-refractivity contribution in [3.63, 3.8) is 0 Å². The van der Waals surface area contributed by atoms with Crippen LogP contribution in [0.3, 0.4) is 0 Å². The van der Waals surface area contributed by atoms with Crippen LogP contribution < -0.4 is 10.2 Å². The van der Waals surface area contributed by atoms with Crippen LogP contribution in [0, 0.1) is 5.82 Å². The summed E-state index contributed by atoms with van der Waals surface area (Å²) >= 11 is 5.80. The van der Waals surface area contributed by atoms with Crippen molar-refractivity contribution >= 4 is 17.3 Å². The molecule has 0 amide bonds. The Bertz CT molecular complexity index is 615. The van der Waals surface area contributed by atoms with Crippen molar-refractivity contribution < 1.29 is 4.39 Å². The van der Waals surface area contributed by atoms with Crippen LogP contribution in [0.2, 0.25) is 5.02 Å². The number of nitrogens with zero attached hydrogens (tertiary/aromatic N) is 1. The predicted octanol–water partition coefficient (Wildman–Crippen LogP) is 3.59. The van der Waals surface area contributed by atoms with E-state index in [1.165, 1.54) is 17.3 Å². The van der Waals surface area contributed by atoms with Gasteiger partial charge in [0.1, 0.15) is 5.82 Å². The van der Waals surface area contributed by atoms with Crippen molar-refractivity contribution in [3.8, 4) is 0 Å². The summed E-state index contributed by atoms with van der Waals surface area (Å²) in [5.74, 6) is -0.243. The second-order valence-electron chi connectivity index (χ2n) is 4.96. The Kier molecular flexibility index (Phi) is 3.90. The van der Waals surface area contributed by atoms with Crippen LogP contribution in [0.4, 0.5) is 10.1 Å². The molecule has 0 bridgehead atoms. The summed E-state index contributed by atoms with van der Waals surface area (Å²) in [6.07, 6.45) is 0. The third-order valence-corrected chi connectivity index (χ3v) is 3.82. The molecule has 0 saturated carbocycles. The standard InChI is InChI=1S/C16H16ClFN2/c17-14-6-5-13(15(18)9-14)11-20-8-7-19-10-12-3-1-2-4-16(12)20/h1-6,9,19H,7-8,10-11H2. The Morgan fingerprint density at radius 2 is 2.05 bits per heavy atom. The van der Waals surface area contributed by atoms with Crippen LogP contribution in [0.5, 0.6) is 0 Å². The first-order chi connectivity index (χ1) is 9.74. The summed E-state index contributed by atoms with van der Waals surface area (Å²) in [6.45, 7) is 3.17. The summed E-state index contributed by atoms with van der Waals surface area (Å²) in [6, 6.07) is 13.1. The van der Waals surface area contributed by atoms with E-state index in [9.17, 15) is 4.39 Å². The van der Waals surface area contributed by atoms with Crippen LogP contribution in [-0.4, -0.2) is 13.1 Å². The molecular weight excluding hydrogens is 275 g/mol. The molecule has 2 aromatic rings. The van der Waals surface area contributed by atoms with E-state index in [0.29, 0.717) is 17.1 Å². The van der Waals surface area contributed by atoms with Gasteiger partial charge in [-0.1, -0.05) is 35.9 Å². The number of hydrogen-bond donors (Lipinski definition) is 1. The van der Waals surface area contributed by atoms with Gasteiger partial charge >= 0.3 is 0 Å². The molecule has 0 atom stereocenters. The van der Waals surface area contributed by atoms with E-state index in [0.717, 1.165) is 19.6 Å². The molecule has 4 heteroatoms. The van der Waals surface area contributed by atoms with E-state index in [4.69, 9.17) is 11.6 Å². The maximum Gasteiger partial charge on any atom is 0.129 e. The highest BCUT2D eigenvalue weighted by Crippen LogP contribution is 2.25. The highest BCUT2D eigenvalue weighted by Gasteiger charge is 2.16. The van der Waals surface area contributed by atoms with Crippen LogP contribution in [0.15, 0.2) is 42.5 Å². The van der Waals surface area contributed by atoms with Crippen molar-refractivity contribution in [3.05, 3.63) is 64.4 Å². The van der Waals surface area contributed by atoms with E-state index in [2.05, 4.69) is 22.3 Å². The van der Waals surface area contributed by atoms with Gasteiger partial charge in [-0.15, -0.1) is 0 Å². The molecule has 0 aliphatic carbocycles. The summed E-state index contributed by atoms with van der Waals surface area (Å²) in [7, 11) is 0. The fraction of sp³-hybridized carbons (Fsp3) is 0.250. The van der Waals surface area contributed by atoms with Gasteiger partial charge in [0.05, 0.1) is 0 Å². The molecule has 0 aromatic heterocycles. The number of para-hydroxylation sites is 1. The van der Waals surface area contributed by atoms with Gasteiger partial charge in [-0.3, -0.25) is 0 Å². The fourth-order valence-electron chi connectivity index (χ4n) is 2.55. The summed E-state index contributed by atoms with van der Waals surface area (Å²) in [5, 5.41) is 3.82. The molecule has 0 spiro atoms. The SMILES string of the molecule is Fc1cc(Cl)ccc1CN1CCNCc2ccccc21. The van der Waals surface area contributed by atoms with Crippen molar-refractivity contribution in [2.45, 2.75) is 13.1 Å². The largest absolute Gasteiger partial charge is 0.366 e. The second kappa shape index (κ2) is 5.81. The maximum atomic E-state index is 14.0. The topological polar surface area (TPSA) is 15.3 Å². The minimum Gasteiger partial charge on any atom is -0.366 e. The average molecular weight is 291 g/mol. The lowest BCUT2D eigenvalue weighted by molar-refractivity contribution is 0.602. The monoisotopic (exact) mass is 290 g/mol. The Balaban J connectivity index is 1.90. The van der Waals surface area contributed by atoms with E-state index in [-0.39, 0.29) is 5.82 Å². The van der Waals surface area contributed by atoms with Gasteiger partial charge in [0.2, 0.25) is 0 Å².